The lowest BCUT2D eigenvalue weighted by Crippen LogP contribution is -2.46. The minimum atomic E-state index is 0.402. The lowest BCUT2D eigenvalue weighted by atomic mass is 9.90. The summed E-state index contributed by atoms with van der Waals surface area (Å²) in [5.41, 5.74) is 7.32. The smallest absolute Gasteiger partial charge is 0.122 e. The van der Waals surface area contributed by atoms with Crippen LogP contribution in [0.1, 0.15) is 37.7 Å². The highest BCUT2D eigenvalue weighted by Crippen LogP contribution is 2.31. The molecule has 1 fully saturated rings. The molecule has 3 heteroatoms. The van der Waals surface area contributed by atoms with Gasteiger partial charge in [0.1, 0.15) is 5.75 Å². The van der Waals surface area contributed by atoms with E-state index in [1.807, 2.05) is 12.1 Å². The Morgan fingerprint density at radius 3 is 2.53 bits per heavy atom. The fraction of sp³-hybridized carbons (Fsp3) is 0.625. The van der Waals surface area contributed by atoms with Gasteiger partial charge in [-0.15, -0.1) is 0 Å². The minimum Gasteiger partial charge on any atom is -0.496 e. The molecule has 0 aromatic heterocycles. The van der Waals surface area contributed by atoms with E-state index in [0.29, 0.717) is 18.5 Å². The summed E-state index contributed by atoms with van der Waals surface area (Å²) in [7, 11) is 1.74. The van der Waals surface area contributed by atoms with Gasteiger partial charge in [0.25, 0.3) is 0 Å². The number of para-hydroxylation sites is 1. The molecule has 2 rings (SSSR count). The van der Waals surface area contributed by atoms with Crippen LogP contribution in [0.3, 0.4) is 0 Å². The number of hydrogen-bond acceptors (Lipinski definition) is 3. The van der Waals surface area contributed by atoms with Crippen LogP contribution in [0.2, 0.25) is 0 Å². The Hall–Kier alpha value is -1.06. The molecule has 0 spiro atoms. The first kappa shape index (κ1) is 14.4. The molecule has 1 aromatic rings. The van der Waals surface area contributed by atoms with Crippen molar-refractivity contribution in [3.05, 3.63) is 29.8 Å². The fourth-order valence-electron chi connectivity index (χ4n) is 3.17. The van der Waals surface area contributed by atoms with Crippen molar-refractivity contribution in [2.75, 3.05) is 26.7 Å². The zero-order chi connectivity index (χ0) is 13.7. The van der Waals surface area contributed by atoms with E-state index in [4.69, 9.17) is 10.5 Å². The summed E-state index contributed by atoms with van der Waals surface area (Å²) < 4.78 is 5.49. The van der Waals surface area contributed by atoms with Crippen LogP contribution in [-0.4, -0.2) is 37.7 Å². The second kappa shape index (κ2) is 6.92. The molecule has 2 N–H and O–H groups in total. The zero-order valence-corrected chi connectivity index (χ0v) is 12.1. The average Bonchev–Trinajstić information content (AvgIpc) is 2.49. The first-order valence-electron chi connectivity index (χ1n) is 7.35. The van der Waals surface area contributed by atoms with Gasteiger partial charge in [0, 0.05) is 18.5 Å². The molecule has 106 valence electrons. The summed E-state index contributed by atoms with van der Waals surface area (Å²) >= 11 is 0. The largest absolute Gasteiger partial charge is 0.496 e. The Morgan fingerprint density at radius 2 is 1.89 bits per heavy atom. The van der Waals surface area contributed by atoms with E-state index < -0.39 is 0 Å². The highest BCUT2D eigenvalue weighted by molar-refractivity contribution is 5.36. The Bertz CT molecular complexity index is 388. The first-order valence-corrected chi connectivity index (χ1v) is 7.35. The van der Waals surface area contributed by atoms with Crippen LogP contribution in [0.5, 0.6) is 5.75 Å². The maximum Gasteiger partial charge on any atom is 0.122 e. The molecule has 0 bridgehead atoms. The molecule has 2 atom stereocenters. The lowest BCUT2D eigenvalue weighted by molar-refractivity contribution is 0.148. The summed E-state index contributed by atoms with van der Waals surface area (Å²) in [6.07, 6.45) is 3.96. The van der Waals surface area contributed by atoms with Gasteiger partial charge >= 0.3 is 0 Å². The number of ether oxygens (including phenoxy) is 1. The second-order valence-corrected chi connectivity index (χ2v) is 5.43. The Morgan fingerprint density at radius 1 is 1.21 bits per heavy atom. The molecule has 1 heterocycles. The van der Waals surface area contributed by atoms with Crippen LogP contribution < -0.4 is 10.5 Å². The average molecular weight is 262 g/mol. The van der Waals surface area contributed by atoms with Crippen molar-refractivity contribution in [3.63, 3.8) is 0 Å². The topological polar surface area (TPSA) is 38.5 Å². The van der Waals surface area contributed by atoms with Crippen LogP contribution in [0.4, 0.5) is 0 Å². The molecule has 2 unspecified atom stereocenters. The summed E-state index contributed by atoms with van der Waals surface area (Å²) in [5.74, 6) is 1.38. The third kappa shape index (κ3) is 3.28. The van der Waals surface area contributed by atoms with Gasteiger partial charge in [0.05, 0.1) is 7.11 Å². The van der Waals surface area contributed by atoms with Gasteiger partial charge in [-0.3, -0.25) is 4.90 Å². The van der Waals surface area contributed by atoms with E-state index in [1.54, 1.807) is 7.11 Å². The van der Waals surface area contributed by atoms with E-state index in [0.717, 1.165) is 5.75 Å². The highest BCUT2D eigenvalue weighted by Gasteiger charge is 2.27. The van der Waals surface area contributed by atoms with Crippen LogP contribution >= 0.6 is 0 Å². The third-order valence-electron chi connectivity index (χ3n) is 4.31. The van der Waals surface area contributed by atoms with Crippen molar-refractivity contribution in [1.82, 2.24) is 4.90 Å². The van der Waals surface area contributed by atoms with Crippen molar-refractivity contribution in [1.29, 1.82) is 0 Å². The highest BCUT2D eigenvalue weighted by atomic mass is 16.5. The van der Waals surface area contributed by atoms with Gasteiger partial charge in [0.2, 0.25) is 0 Å². The molecule has 1 aliphatic rings. The van der Waals surface area contributed by atoms with E-state index >= 15 is 0 Å². The monoisotopic (exact) mass is 262 g/mol. The second-order valence-electron chi connectivity index (χ2n) is 5.43. The van der Waals surface area contributed by atoms with E-state index in [9.17, 15) is 0 Å². The third-order valence-corrected chi connectivity index (χ3v) is 4.31. The summed E-state index contributed by atoms with van der Waals surface area (Å²) in [5, 5.41) is 0. The number of benzene rings is 1. The molecule has 1 aliphatic heterocycles. The Balaban J connectivity index is 2.17. The number of rotatable bonds is 5. The molecule has 0 radical (unpaired) electrons. The number of likely N-dealkylation sites (tertiary alicyclic amines) is 1. The predicted octanol–water partition coefficient (Wildman–Crippen LogP) is 2.61. The van der Waals surface area contributed by atoms with Crippen LogP contribution in [0.15, 0.2) is 24.3 Å². The van der Waals surface area contributed by atoms with Crippen molar-refractivity contribution in [3.8, 4) is 5.75 Å². The van der Waals surface area contributed by atoms with Crippen LogP contribution in [-0.2, 0) is 0 Å². The Labute approximate surface area is 116 Å². The van der Waals surface area contributed by atoms with Crippen LogP contribution in [0, 0.1) is 0 Å². The predicted molar refractivity (Wildman–Crippen MR) is 79.7 cm³/mol. The summed E-state index contributed by atoms with van der Waals surface area (Å²) in [6, 6.07) is 8.72. The maximum absolute atomic E-state index is 6.05. The summed E-state index contributed by atoms with van der Waals surface area (Å²) in [6.45, 7) is 5.34. The number of methoxy groups -OCH3 is 1. The normalized spacial score (nSPS) is 19.9. The SMILES string of the molecule is COc1ccccc1C(C)C(CN)N1CCCCC1. The molecule has 1 aromatic carbocycles. The van der Waals surface area contributed by atoms with E-state index in [-0.39, 0.29) is 0 Å². The molecular formula is C16H26N2O. The fourth-order valence-corrected chi connectivity index (χ4v) is 3.17. The minimum absolute atomic E-state index is 0.402. The number of nitrogens with two attached hydrogens (primary N) is 1. The summed E-state index contributed by atoms with van der Waals surface area (Å²) in [4.78, 5) is 2.56. The van der Waals surface area contributed by atoms with Crippen molar-refractivity contribution in [2.24, 2.45) is 5.73 Å². The number of nitrogens with zero attached hydrogens (tertiary/aromatic N) is 1. The van der Waals surface area contributed by atoms with Gasteiger partial charge in [-0.2, -0.15) is 0 Å². The molecule has 0 saturated carbocycles. The van der Waals surface area contributed by atoms with Crippen molar-refractivity contribution >= 4 is 0 Å². The van der Waals surface area contributed by atoms with Gasteiger partial charge in [-0.25, -0.2) is 0 Å². The molecule has 3 nitrogen and oxygen atoms in total. The molecular weight excluding hydrogens is 236 g/mol. The van der Waals surface area contributed by atoms with Gasteiger partial charge in [-0.1, -0.05) is 31.5 Å². The maximum atomic E-state index is 6.05. The molecule has 0 aliphatic carbocycles. The molecule has 19 heavy (non-hydrogen) atoms. The Kier molecular flexibility index (Phi) is 5.23. The molecule has 1 saturated heterocycles. The molecule has 0 amide bonds. The van der Waals surface area contributed by atoms with Crippen molar-refractivity contribution in [2.45, 2.75) is 38.1 Å². The lowest BCUT2D eigenvalue weighted by Gasteiger charge is -2.37. The number of hydrogen-bond donors (Lipinski definition) is 1. The first-order chi connectivity index (χ1) is 9.27. The standard InChI is InChI=1S/C16H26N2O/c1-13(14-8-4-5-9-16(14)19-2)15(12-17)18-10-6-3-7-11-18/h4-5,8-9,13,15H,3,6-7,10-12,17H2,1-2H3. The zero-order valence-electron chi connectivity index (χ0n) is 12.1. The van der Waals surface area contributed by atoms with E-state index in [1.165, 1.54) is 37.9 Å². The van der Waals surface area contributed by atoms with Gasteiger partial charge in [-0.05, 0) is 37.6 Å². The van der Waals surface area contributed by atoms with E-state index in [2.05, 4.69) is 24.0 Å². The number of piperidine rings is 1. The van der Waals surface area contributed by atoms with Crippen molar-refractivity contribution < 1.29 is 4.74 Å². The quantitative estimate of drug-likeness (QED) is 0.886. The van der Waals surface area contributed by atoms with Crippen LogP contribution in [0.25, 0.3) is 0 Å². The van der Waals surface area contributed by atoms with Gasteiger partial charge in [0.15, 0.2) is 0 Å². The van der Waals surface area contributed by atoms with Gasteiger partial charge < -0.3 is 10.5 Å².